The molecular formula is C21H22F3NO8S. The van der Waals surface area contributed by atoms with E-state index < -0.39 is 57.7 Å². The molecule has 1 amide bonds. The number of amides is 1. The summed E-state index contributed by atoms with van der Waals surface area (Å²) in [6.45, 7) is 3.10. The highest BCUT2D eigenvalue weighted by molar-refractivity contribution is 7.91. The summed E-state index contributed by atoms with van der Waals surface area (Å²) in [5.74, 6) is -2.79. The van der Waals surface area contributed by atoms with Crippen LogP contribution in [0.1, 0.15) is 16.6 Å². The van der Waals surface area contributed by atoms with Gasteiger partial charge in [0.2, 0.25) is 6.41 Å². The molecule has 0 bridgehead atoms. The summed E-state index contributed by atoms with van der Waals surface area (Å²) < 4.78 is 99.0. The predicted octanol–water partition coefficient (Wildman–Crippen LogP) is 3.52. The van der Waals surface area contributed by atoms with E-state index in [1.54, 1.807) is 13.8 Å². The largest absolute Gasteiger partial charge is 0.573 e. The standard InChI is InChI=1S/C21H22F3NO8S/c1-20(2)30-11-19(33-20)18(25(27)13-26)12-34(28,29)17-9-7-15(8-10-17)31-14-3-5-16(6-4-14)32-21(22,23)24/h3-10,13,18-19,27H,11-12H2,1-2H3/t18-,19-/m1/s1/i3T,7T. The van der Waals surface area contributed by atoms with Crippen molar-refractivity contribution in [1.29, 1.82) is 0 Å². The fourth-order valence-electron chi connectivity index (χ4n) is 3.09. The van der Waals surface area contributed by atoms with E-state index in [1.165, 1.54) is 0 Å². The number of alkyl halides is 3. The molecule has 1 aliphatic heterocycles. The molecule has 0 spiro atoms. The van der Waals surface area contributed by atoms with Gasteiger partial charge >= 0.3 is 6.36 Å². The first-order valence-corrected chi connectivity index (χ1v) is 11.4. The number of carbonyl (C=O) groups is 1. The van der Waals surface area contributed by atoms with E-state index in [9.17, 15) is 31.6 Å². The van der Waals surface area contributed by atoms with E-state index in [0.29, 0.717) is 0 Å². The zero-order chi connectivity index (χ0) is 26.9. The lowest BCUT2D eigenvalue weighted by atomic mass is 10.2. The number of ether oxygens (including phenoxy) is 4. The molecular weight excluding hydrogens is 483 g/mol. The summed E-state index contributed by atoms with van der Waals surface area (Å²) in [7, 11) is -4.16. The molecule has 2 aromatic rings. The lowest BCUT2D eigenvalue weighted by Crippen LogP contribution is -2.47. The number of sulfone groups is 1. The average molecular weight is 509 g/mol. The Morgan fingerprint density at radius 1 is 1.21 bits per heavy atom. The smallest absolute Gasteiger partial charge is 0.457 e. The van der Waals surface area contributed by atoms with Gasteiger partial charge in [0.15, 0.2) is 15.6 Å². The molecule has 0 aromatic heterocycles. The Hall–Kier alpha value is -2.87. The predicted molar refractivity (Wildman–Crippen MR) is 110 cm³/mol. The molecule has 1 saturated heterocycles. The van der Waals surface area contributed by atoms with E-state index in [1.807, 2.05) is 0 Å². The molecule has 9 nitrogen and oxygen atoms in total. The zero-order valence-electron chi connectivity index (χ0n) is 19.9. The van der Waals surface area contributed by atoms with E-state index in [2.05, 4.69) is 4.74 Å². The molecule has 2 atom stereocenters. The Morgan fingerprint density at radius 3 is 2.35 bits per heavy atom. The molecule has 13 heteroatoms. The van der Waals surface area contributed by atoms with Crippen LogP contribution < -0.4 is 9.47 Å². The molecule has 1 aliphatic rings. The number of hydrogen-bond acceptors (Lipinski definition) is 8. The van der Waals surface area contributed by atoms with Crippen molar-refractivity contribution in [3.8, 4) is 17.2 Å². The molecule has 0 aliphatic carbocycles. The summed E-state index contributed by atoms with van der Waals surface area (Å²) in [6, 6.07) is 3.78. The number of hydrogen-bond donors (Lipinski definition) is 1. The number of hydroxylamine groups is 2. The summed E-state index contributed by atoms with van der Waals surface area (Å²) >= 11 is 0. The summed E-state index contributed by atoms with van der Waals surface area (Å²) in [4.78, 5) is 10.8. The highest BCUT2D eigenvalue weighted by atomic mass is 32.2. The van der Waals surface area contributed by atoms with Gasteiger partial charge in [-0.1, -0.05) is 0 Å². The van der Waals surface area contributed by atoms with E-state index in [0.717, 1.165) is 36.4 Å². The average Bonchev–Trinajstić information content (AvgIpc) is 3.12. The van der Waals surface area contributed by atoms with Crippen molar-refractivity contribution in [3.63, 3.8) is 0 Å². The fraction of sp³-hybridized carbons (Fsp3) is 0.381. The molecule has 3 rings (SSSR count). The topological polar surface area (TPSA) is 112 Å². The number of benzene rings is 2. The van der Waals surface area contributed by atoms with E-state index in [-0.39, 0.29) is 34.5 Å². The first kappa shape index (κ1) is 22.9. The van der Waals surface area contributed by atoms with Crippen molar-refractivity contribution in [2.24, 2.45) is 0 Å². The van der Waals surface area contributed by atoms with Gasteiger partial charge in [-0.25, -0.2) is 13.5 Å². The first-order chi connectivity index (χ1) is 16.6. The molecule has 2 aromatic carbocycles. The quantitative estimate of drug-likeness (QED) is 0.311. The van der Waals surface area contributed by atoms with Crippen LogP contribution >= 0.6 is 0 Å². The van der Waals surface area contributed by atoms with Crippen LogP contribution in [0.25, 0.3) is 0 Å². The maximum absolute atomic E-state index is 13.0. The van der Waals surface area contributed by atoms with Crippen molar-refractivity contribution in [1.82, 2.24) is 5.06 Å². The lowest BCUT2D eigenvalue weighted by molar-refractivity contribution is -0.274. The normalized spacial score (nSPS) is 19.6. The van der Waals surface area contributed by atoms with Crippen LogP contribution in [0.2, 0.25) is 0 Å². The monoisotopic (exact) mass is 509 g/mol. The highest BCUT2D eigenvalue weighted by Gasteiger charge is 2.42. The second-order valence-corrected chi connectivity index (χ2v) is 9.66. The third kappa shape index (κ3) is 6.82. The third-order valence-electron chi connectivity index (χ3n) is 4.62. The van der Waals surface area contributed by atoms with Crippen LogP contribution in [0, 0.1) is 0 Å². The highest BCUT2D eigenvalue weighted by Crippen LogP contribution is 2.30. The SMILES string of the molecule is [3H]c1cc(OC(F)(F)F)ccc1Oc1ccc(S(=O)(=O)C[C@H]([C@H]2COC(C)(C)O2)N(O)C=O)cc1[3H]. The molecule has 0 saturated carbocycles. The second kappa shape index (κ2) is 9.78. The molecule has 1 fully saturated rings. The van der Waals surface area contributed by atoms with Crippen molar-refractivity contribution in [2.75, 3.05) is 12.4 Å². The van der Waals surface area contributed by atoms with Crippen LogP contribution in [0.3, 0.4) is 0 Å². The third-order valence-corrected chi connectivity index (χ3v) is 6.37. The minimum atomic E-state index is -4.94. The zero-order valence-corrected chi connectivity index (χ0v) is 18.7. The number of rotatable bonds is 9. The summed E-state index contributed by atoms with van der Waals surface area (Å²) in [5.41, 5.74) is 0. The number of nitrogens with zero attached hydrogens (tertiary/aromatic N) is 1. The van der Waals surface area contributed by atoms with E-state index >= 15 is 0 Å². The van der Waals surface area contributed by atoms with Crippen molar-refractivity contribution >= 4 is 16.2 Å². The van der Waals surface area contributed by atoms with Crippen LogP contribution in [-0.2, 0) is 24.1 Å². The molecule has 0 unspecified atom stereocenters. The number of halogens is 3. The van der Waals surface area contributed by atoms with Gasteiger partial charge < -0.3 is 18.9 Å². The maximum Gasteiger partial charge on any atom is 0.573 e. The van der Waals surface area contributed by atoms with Gasteiger partial charge in [-0.05, 0) is 62.3 Å². The Kier molecular flexibility index (Phi) is 6.59. The second-order valence-electron chi connectivity index (χ2n) is 7.63. The molecule has 0 radical (unpaired) electrons. The Balaban J connectivity index is 1.79. The van der Waals surface area contributed by atoms with Crippen molar-refractivity contribution in [2.45, 2.75) is 43.0 Å². The number of carbonyl (C=O) groups excluding carboxylic acids is 1. The Labute approximate surface area is 196 Å². The first-order valence-electron chi connectivity index (χ1n) is 10.7. The van der Waals surface area contributed by atoms with Gasteiger partial charge in [-0.15, -0.1) is 13.2 Å². The van der Waals surface area contributed by atoms with Gasteiger partial charge in [0, 0.05) is 0 Å². The molecule has 34 heavy (non-hydrogen) atoms. The van der Waals surface area contributed by atoms with E-state index in [4.69, 9.17) is 17.0 Å². The van der Waals surface area contributed by atoms with Crippen molar-refractivity contribution < 1.29 is 53.3 Å². The molecule has 1 heterocycles. The van der Waals surface area contributed by atoms with Gasteiger partial charge in [0.1, 0.15) is 29.4 Å². The lowest BCUT2D eigenvalue weighted by Gasteiger charge is -2.27. The minimum Gasteiger partial charge on any atom is -0.457 e. The van der Waals surface area contributed by atoms with Crippen molar-refractivity contribution in [3.05, 3.63) is 48.5 Å². The maximum atomic E-state index is 13.0. The molecule has 1 N–H and O–H groups in total. The van der Waals surface area contributed by atoms with Gasteiger partial charge in [-0.2, -0.15) is 0 Å². The van der Waals surface area contributed by atoms with Crippen LogP contribution in [0.5, 0.6) is 17.2 Å². The van der Waals surface area contributed by atoms with Crippen LogP contribution in [0.15, 0.2) is 53.4 Å². The van der Waals surface area contributed by atoms with Gasteiger partial charge in [-0.3, -0.25) is 10.0 Å². The van der Waals surface area contributed by atoms with Gasteiger partial charge in [0.25, 0.3) is 0 Å². The van der Waals surface area contributed by atoms with Crippen LogP contribution in [0.4, 0.5) is 13.2 Å². The fourth-order valence-corrected chi connectivity index (χ4v) is 4.61. The Bertz CT molecular complexity index is 1230. The summed E-state index contributed by atoms with van der Waals surface area (Å²) in [6.07, 6.45) is -5.83. The minimum absolute atomic E-state index is 0.0468. The Morgan fingerprint density at radius 2 is 1.82 bits per heavy atom. The van der Waals surface area contributed by atoms with Crippen LogP contribution in [-0.4, -0.2) is 61.8 Å². The summed E-state index contributed by atoms with van der Waals surface area (Å²) in [5, 5.41) is 10.1. The van der Waals surface area contributed by atoms with Gasteiger partial charge in [0.05, 0.1) is 20.0 Å². The molecule has 186 valence electrons.